The summed E-state index contributed by atoms with van der Waals surface area (Å²) in [4.78, 5) is 19.5. The highest BCUT2D eigenvalue weighted by molar-refractivity contribution is 6.30. The lowest BCUT2D eigenvalue weighted by Gasteiger charge is -2.30. The molecule has 1 unspecified atom stereocenters. The predicted molar refractivity (Wildman–Crippen MR) is 103 cm³/mol. The molecule has 3 aromatic rings. The first-order chi connectivity index (χ1) is 12.6. The van der Waals surface area contributed by atoms with Crippen molar-refractivity contribution in [3.63, 3.8) is 0 Å². The first-order valence-electron chi connectivity index (χ1n) is 8.80. The second-order valence-corrected chi connectivity index (χ2v) is 7.28. The average molecular weight is 369 g/mol. The summed E-state index contributed by atoms with van der Waals surface area (Å²) in [6.07, 6.45) is 4.22. The number of rotatable bonds is 4. The number of fused-ring (bicyclic) bond motifs is 1. The third-order valence-corrected chi connectivity index (χ3v) is 5.30. The van der Waals surface area contributed by atoms with Gasteiger partial charge in [-0.25, -0.2) is 9.67 Å². The molecule has 134 valence electrons. The van der Waals surface area contributed by atoms with Gasteiger partial charge in [0.15, 0.2) is 5.82 Å². The van der Waals surface area contributed by atoms with Crippen LogP contribution in [0.2, 0.25) is 5.02 Å². The number of halogens is 1. The van der Waals surface area contributed by atoms with Gasteiger partial charge in [-0.1, -0.05) is 41.9 Å². The number of aryl methyl sites for hydroxylation is 1. The van der Waals surface area contributed by atoms with E-state index in [-0.39, 0.29) is 5.56 Å². The Bertz CT molecular complexity index is 946. The molecule has 1 N–H and O–H groups in total. The van der Waals surface area contributed by atoms with Crippen LogP contribution in [-0.2, 0) is 19.4 Å². The van der Waals surface area contributed by atoms with E-state index in [1.165, 1.54) is 10.2 Å². The summed E-state index contributed by atoms with van der Waals surface area (Å²) in [7, 11) is 2.13. The van der Waals surface area contributed by atoms with Gasteiger partial charge in [-0.05, 0) is 44.0 Å². The third-order valence-electron chi connectivity index (χ3n) is 5.08. The Hall–Kier alpha value is -2.37. The van der Waals surface area contributed by atoms with Gasteiger partial charge in [0.2, 0.25) is 0 Å². The van der Waals surface area contributed by atoms with Gasteiger partial charge in [-0.2, -0.15) is 0 Å². The number of nitrogens with zero attached hydrogens (tertiary/aromatic N) is 3. The smallest absolute Gasteiger partial charge is 0.276 e. The Balaban J connectivity index is 1.55. The number of aromatic nitrogens is 3. The second-order valence-electron chi connectivity index (χ2n) is 6.84. The molecule has 0 fully saturated rings. The van der Waals surface area contributed by atoms with Gasteiger partial charge in [-0.3, -0.25) is 14.8 Å². The molecule has 0 saturated heterocycles. The van der Waals surface area contributed by atoms with Crippen molar-refractivity contribution in [3.8, 4) is 5.82 Å². The first kappa shape index (κ1) is 17.1. The fourth-order valence-electron chi connectivity index (χ4n) is 3.62. The maximum atomic E-state index is 12.9. The molecule has 0 spiro atoms. The van der Waals surface area contributed by atoms with Gasteiger partial charge in [0.05, 0.1) is 5.02 Å². The Morgan fingerprint density at radius 2 is 2.08 bits per heavy atom. The van der Waals surface area contributed by atoms with Gasteiger partial charge >= 0.3 is 0 Å². The van der Waals surface area contributed by atoms with Crippen LogP contribution in [0.15, 0.2) is 53.5 Å². The Morgan fingerprint density at radius 3 is 2.81 bits per heavy atom. The third kappa shape index (κ3) is 3.32. The highest BCUT2D eigenvalue weighted by atomic mass is 35.5. The van der Waals surface area contributed by atoms with E-state index in [1.807, 2.05) is 6.07 Å². The van der Waals surface area contributed by atoms with Gasteiger partial charge < -0.3 is 0 Å². The zero-order valence-electron chi connectivity index (χ0n) is 14.7. The highest BCUT2D eigenvalue weighted by Gasteiger charge is 2.27. The van der Waals surface area contributed by atoms with Crippen LogP contribution in [0.4, 0.5) is 0 Å². The fraction of sp³-hybridized carbons (Fsp3) is 0.300. The van der Waals surface area contributed by atoms with Gasteiger partial charge in [0.1, 0.15) is 0 Å². The summed E-state index contributed by atoms with van der Waals surface area (Å²) in [5.41, 5.74) is 3.18. The van der Waals surface area contributed by atoms with Crippen molar-refractivity contribution in [2.24, 2.45) is 0 Å². The molecule has 0 aliphatic heterocycles. The number of nitrogens with one attached hydrogen (secondary N) is 1. The molecule has 1 atom stereocenters. The van der Waals surface area contributed by atoms with Crippen molar-refractivity contribution < 1.29 is 0 Å². The molecule has 2 heterocycles. The van der Waals surface area contributed by atoms with Crippen LogP contribution in [0.1, 0.15) is 23.2 Å². The summed E-state index contributed by atoms with van der Waals surface area (Å²) in [6, 6.07) is 14.3. The number of benzene rings is 1. The van der Waals surface area contributed by atoms with E-state index in [9.17, 15) is 4.79 Å². The van der Waals surface area contributed by atoms with Gasteiger partial charge in [-0.15, -0.1) is 0 Å². The quantitative estimate of drug-likeness (QED) is 0.769. The fourth-order valence-corrected chi connectivity index (χ4v) is 3.73. The van der Waals surface area contributed by atoms with Gasteiger partial charge in [0, 0.05) is 30.0 Å². The molecule has 1 aromatic carbocycles. The minimum atomic E-state index is -0.00682. The molecule has 26 heavy (non-hydrogen) atoms. The molecule has 4 rings (SSSR count). The highest BCUT2D eigenvalue weighted by Crippen LogP contribution is 2.22. The van der Waals surface area contributed by atoms with Crippen LogP contribution < -0.4 is 5.56 Å². The van der Waals surface area contributed by atoms with Crippen molar-refractivity contribution >= 4 is 11.6 Å². The molecular formula is C20H21ClN4O. The van der Waals surface area contributed by atoms with Crippen LogP contribution in [0, 0.1) is 0 Å². The molecule has 2 aromatic heterocycles. The van der Waals surface area contributed by atoms with E-state index in [0.717, 1.165) is 37.1 Å². The number of aromatic amines is 1. The van der Waals surface area contributed by atoms with Crippen LogP contribution in [0.3, 0.4) is 0 Å². The van der Waals surface area contributed by atoms with E-state index < -0.39 is 0 Å². The summed E-state index contributed by atoms with van der Waals surface area (Å²) < 4.78 is 1.53. The molecule has 0 radical (unpaired) electrons. The molecular weight excluding hydrogens is 348 g/mol. The van der Waals surface area contributed by atoms with E-state index in [1.54, 1.807) is 18.3 Å². The maximum Gasteiger partial charge on any atom is 0.276 e. The van der Waals surface area contributed by atoms with Crippen LogP contribution in [0.25, 0.3) is 5.82 Å². The Kier molecular flexibility index (Phi) is 4.66. The monoisotopic (exact) mass is 368 g/mol. The molecule has 0 saturated carbocycles. The lowest BCUT2D eigenvalue weighted by molar-refractivity contribution is 0.213. The lowest BCUT2D eigenvalue weighted by atomic mass is 9.92. The van der Waals surface area contributed by atoms with Crippen molar-refractivity contribution in [1.82, 2.24) is 19.7 Å². The lowest BCUT2D eigenvalue weighted by Crippen LogP contribution is -2.37. The molecule has 6 heteroatoms. The summed E-state index contributed by atoms with van der Waals surface area (Å²) in [5.74, 6) is 0.572. The van der Waals surface area contributed by atoms with E-state index in [0.29, 0.717) is 16.9 Å². The largest absolute Gasteiger partial charge is 0.299 e. The normalized spacial score (nSPS) is 16.7. The van der Waals surface area contributed by atoms with Crippen LogP contribution >= 0.6 is 11.6 Å². The Morgan fingerprint density at radius 1 is 1.27 bits per heavy atom. The zero-order valence-corrected chi connectivity index (χ0v) is 15.4. The van der Waals surface area contributed by atoms with Crippen molar-refractivity contribution in [2.45, 2.75) is 31.8 Å². The van der Waals surface area contributed by atoms with Crippen molar-refractivity contribution in [2.75, 3.05) is 7.05 Å². The molecule has 0 amide bonds. The standard InChI is InChI=1S/C20H21ClN4O/c1-24(13-14-5-3-2-4-6-14)16-8-9-18-17(11-16)20(26)25(23-18)19-10-7-15(21)12-22-19/h2-7,10,12,16,23H,8-9,11,13H2,1H3. The second kappa shape index (κ2) is 7.09. The SMILES string of the molecule is CN(Cc1ccccc1)C1CCc2[nH]n(-c3ccc(Cl)cn3)c(=O)c2C1. The minimum absolute atomic E-state index is 0.00682. The topological polar surface area (TPSA) is 53.9 Å². The Labute approximate surface area is 157 Å². The molecule has 0 bridgehead atoms. The van der Waals surface area contributed by atoms with Crippen molar-refractivity contribution in [1.29, 1.82) is 0 Å². The minimum Gasteiger partial charge on any atom is -0.299 e. The number of hydrogen-bond acceptors (Lipinski definition) is 3. The van der Waals surface area contributed by atoms with Crippen molar-refractivity contribution in [3.05, 3.63) is 80.9 Å². The maximum absolute atomic E-state index is 12.9. The van der Waals surface area contributed by atoms with Gasteiger partial charge in [0.25, 0.3) is 5.56 Å². The van der Waals surface area contributed by atoms with Crippen LogP contribution in [-0.4, -0.2) is 32.8 Å². The van der Waals surface area contributed by atoms with E-state index in [4.69, 9.17) is 11.6 Å². The summed E-state index contributed by atoms with van der Waals surface area (Å²) in [6.45, 7) is 0.887. The molecule has 1 aliphatic carbocycles. The number of pyridine rings is 1. The number of hydrogen-bond donors (Lipinski definition) is 1. The van der Waals surface area contributed by atoms with Crippen LogP contribution in [0.5, 0.6) is 0 Å². The summed E-state index contributed by atoms with van der Waals surface area (Å²) >= 11 is 5.89. The zero-order chi connectivity index (χ0) is 18.1. The summed E-state index contributed by atoms with van der Waals surface area (Å²) in [5, 5.41) is 3.78. The first-order valence-corrected chi connectivity index (χ1v) is 9.18. The average Bonchev–Trinajstić information content (AvgIpc) is 2.99. The molecule has 1 aliphatic rings. The number of likely N-dealkylation sites (N-methyl/N-ethyl adjacent to an activating group) is 1. The van der Waals surface area contributed by atoms with E-state index in [2.05, 4.69) is 46.3 Å². The predicted octanol–water partition coefficient (Wildman–Crippen LogP) is 3.20. The molecule has 5 nitrogen and oxygen atoms in total. The van der Waals surface area contributed by atoms with E-state index >= 15 is 0 Å². The number of H-pyrrole nitrogens is 1.